The third-order valence-corrected chi connectivity index (χ3v) is 3.60. The molecule has 1 N–H and O–H groups in total. The fourth-order valence-corrected chi connectivity index (χ4v) is 2.25. The van der Waals surface area contributed by atoms with Crippen molar-refractivity contribution >= 4 is 5.91 Å². The van der Waals surface area contributed by atoms with E-state index in [0.717, 1.165) is 6.42 Å². The normalized spacial score (nSPS) is 23.3. The number of amides is 1. The number of likely N-dealkylation sites (tertiary alicyclic amines) is 1. The summed E-state index contributed by atoms with van der Waals surface area (Å²) in [7, 11) is 1.44. The van der Waals surface area contributed by atoms with Gasteiger partial charge in [0.15, 0.2) is 0 Å². The van der Waals surface area contributed by atoms with E-state index in [1.807, 2.05) is 6.92 Å². The fourth-order valence-electron chi connectivity index (χ4n) is 2.25. The molecule has 19 heavy (non-hydrogen) atoms. The predicted molar refractivity (Wildman–Crippen MR) is 68.6 cm³/mol. The predicted octanol–water partition coefficient (Wildman–Crippen LogP) is 1.68. The van der Waals surface area contributed by atoms with Crippen LogP contribution in [0.3, 0.4) is 0 Å². The van der Waals surface area contributed by atoms with Crippen LogP contribution in [0.25, 0.3) is 0 Å². The summed E-state index contributed by atoms with van der Waals surface area (Å²) in [5.41, 5.74) is 0.198. The summed E-state index contributed by atoms with van der Waals surface area (Å²) in [6.45, 7) is 2.80. The lowest BCUT2D eigenvalue weighted by Gasteiger charge is -2.34. The molecule has 4 nitrogen and oxygen atoms in total. The Morgan fingerprint density at radius 3 is 2.89 bits per heavy atom. The molecule has 1 fully saturated rings. The van der Waals surface area contributed by atoms with Gasteiger partial charge in [-0.3, -0.25) is 4.79 Å². The monoisotopic (exact) mass is 267 g/mol. The van der Waals surface area contributed by atoms with Gasteiger partial charge in [-0.25, -0.2) is 4.39 Å². The molecule has 1 aromatic carbocycles. The Balaban J connectivity index is 2.22. The SMILES string of the molecule is COc1ccc(F)cc1C(=O)N1CCC(C)C(O)C1. The molecule has 1 heterocycles. The number of carbonyl (C=O) groups excluding carboxylic acids is 1. The van der Waals surface area contributed by atoms with Crippen molar-refractivity contribution in [1.29, 1.82) is 0 Å². The summed E-state index contributed by atoms with van der Waals surface area (Å²) in [5, 5.41) is 9.83. The van der Waals surface area contributed by atoms with E-state index in [0.29, 0.717) is 12.3 Å². The maximum atomic E-state index is 13.3. The van der Waals surface area contributed by atoms with E-state index in [1.165, 1.54) is 25.3 Å². The van der Waals surface area contributed by atoms with Crippen molar-refractivity contribution in [3.8, 4) is 5.75 Å². The number of carbonyl (C=O) groups is 1. The second kappa shape index (κ2) is 5.57. The molecule has 2 rings (SSSR count). The van der Waals surface area contributed by atoms with E-state index in [2.05, 4.69) is 0 Å². The van der Waals surface area contributed by atoms with Crippen molar-refractivity contribution in [2.75, 3.05) is 20.2 Å². The molecule has 1 aliphatic heterocycles. The smallest absolute Gasteiger partial charge is 0.257 e. The first-order valence-electron chi connectivity index (χ1n) is 6.33. The van der Waals surface area contributed by atoms with E-state index in [1.54, 1.807) is 4.90 Å². The van der Waals surface area contributed by atoms with Crippen molar-refractivity contribution in [2.45, 2.75) is 19.4 Å². The zero-order valence-electron chi connectivity index (χ0n) is 11.1. The number of nitrogens with zero attached hydrogens (tertiary/aromatic N) is 1. The van der Waals surface area contributed by atoms with E-state index in [-0.39, 0.29) is 23.9 Å². The zero-order valence-corrected chi connectivity index (χ0v) is 11.1. The van der Waals surface area contributed by atoms with Crippen LogP contribution in [0.5, 0.6) is 5.75 Å². The number of benzene rings is 1. The quantitative estimate of drug-likeness (QED) is 0.887. The summed E-state index contributed by atoms with van der Waals surface area (Å²) < 4.78 is 18.4. The van der Waals surface area contributed by atoms with Gasteiger partial charge in [0.1, 0.15) is 11.6 Å². The van der Waals surface area contributed by atoms with Gasteiger partial charge in [0.05, 0.1) is 18.8 Å². The van der Waals surface area contributed by atoms with Gasteiger partial charge in [-0.15, -0.1) is 0 Å². The molecule has 0 aromatic heterocycles. The molecule has 1 saturated heterocycles. The van der Waals surface area contributed by atoms with Crippen molar-refractivity contribution in [1.82, 2.24) is 4.90 Å². The van der Waals surface area contributed by atoms with Crippen LogP contribution >= 0.6 is 0 Å². The zero-order chi connectivity index (χ0) is 14.0. The van der Waals surface area contributed by atoms with Gasteiger partial charge >= 0.3 is 0 Å². The Morgan fingerprint density at radius 2 is 2.26 bits per heavy atom. The first-order valence-corrected chi connectivity index (χ1v) is 6.33. The van der Waals surface area contributed by atoms with Crippen LogP contribution in [0.4, 0.5) is 4.39 Å². The number of aliphatic hydroxyl groups excluding tert-OH is 1. The van der Waals surface area contributed by atoms with Gasteiger partial charge in [-0.2, -0.15) is 0 Å². The van der Waals surface area contributed by atoms with Crippen molar-refractivity contribution in [3.63, 3.8) is 0 Å². The summed E-state index contributed by atoms with van der Waals surface area (Å²) >= 11 is 0. The minimum atomic E-state index is -0.530. The maximum absolute atomic E-state index is 13.3. The lowest BCUT2D eigenvalue weighted by atomic mass is 9.95. The van der Waals surface area contributed by atoms with Crippen molar-refractivity contribution < 1.29 is 19.0 Å². The van der Waals surface area contributed by atoms with E-state index >= 15 is 0 Å². The van der Waals surface area contributed by atoms with Gasteiger partial charge in [0.2, 0.25) is 0 Å². The van der Waals surface area contributed by atoms with E-state index < -0.39 is 11.9 Å². The van der Waals surface area contributed by atoms with Crippen LogP contribution in [-0.2, 0) is 0 Å². The Morgan fingerprint density at radius 1 is 1.53 bits per heavy atom. The second-order valence-corrected chi connectivity index (χ2v) is 4.93. The molecule has 0 aliphatic carbocycles. The topological polar surface area (TPSA) is 49.8 Å². The standard InChI is InChI=1S/C14H18FNO3/c1-9-5-6-16(8-12(9)17)14(18)11-7-10(15)3-4-13(11)19-2/h3-4,7,9,12,17H,5-6,8H2,1-2H3. The highest BCUT2D eigenvalue weighted by molar-refractivity contribution is 5.97. The third kappa shape index (κ3) is 2.87. The summed E-state index contributed by atoms with van der Waals surface area (Å²) in [5.74, 6) is -0.254. The average Bonchev–Trinajstić information content (AvgIpc) is 2.41. The Kier molecular flexibility index (Phi) is 4.04. The molecular formula is C14H18FNO3. The maximum Gasteiger partial charge on any atom is 0.257 e. The minimum absolute atomic E-state index is 0.179. The number of rotatable bonds is 2. The number of β-amino-alcohol motifs (C(OH)–C–C–N with tert-alkyl or cyclic N) is 1. The average molecular weight is 267 g/mol. The van der Waals surface area contributed by atoms with Gasteiger partial charge in [-0.1, -0.05) is 6.92 Å². The number of hydrogen-bond acceptors (Lipinski definition) is 3. The minimum Gasteiger partial charge on any atom is -0.496 e. The van der Waals surface area contributed by atoms with Crippen LogP contribution in [0.2, 0.25) is 0 Å². The third-order valence-electron chi connectivity index (χ3n) is 3.60. The van der Waals surface area contributed by atoms with Crippen molar-refractivity contribution in [2.24, 2.45) is 5.92 Å². The molecule has 0 saturated carbocycles. The molecule has 2 unspecified atom stereocenters. The van der Waals surface area contributed by atoms with Crippen LogP contribution in [0.15, 0.2) is 18.2 Å². The number of piperidine rings is 1. The van der Waals surface area contributed by atoms with Gasteiger partial charge in [-0.05, 0) is 30.5 Å². The Bertz CT molecular complexity index is 478. The molecule has 2 atom stereocenters. The first-order chi connectivity index (χ1) is 9.02. The molecule has 1 aromatic rings. The van der Waals surface area contributed by atoms with Crippen LogP contribution in [-0.4, -0.2) is 42.2 Å². The number of aliphatic hydroxyl groups is 1. The Hall–Kier alpha value is -1.62. The molecule has 1 amide bonds. The highest BCUT2D eigenvalue weighted by Gasteiger charge is 2.29. The fraction of sp³-hybridized carbons (Fsp3) is 0.500. The summed E-state index contributed by atoms with van der Waals surface area (Å²) in [4.78, 5) is 13.9. The summed E-state index contributed by atoms with van der Waals surface area (Å²) in [6, 6.07) is 3.86. The van der Waals surface area contributed by atoms with Crippen LogP contribution < -0.4 is 4.74 Å². The van der Waals surface area contributed by atoms with Gasteiger partial charge < -0.3 is 14.7 Å². The number of methoxy groups -OCH3 is 1. The molecule has 0 bridgehead atoms. The van der Waals surface area contributed by atoms with Crippen LogP contribution in [0, 0.1) is 11.7 Å². The van der Waals surface area contributed by atoms with Gasteiger partial charge in [0.25, 0.3) is 5.91 Å². The number of ether oxygens (including phenoxy) is 1. The van der Waals surface area contributed by atoms with Crippen molar-refractivity contribution in [3.05, 3.63) is 29.6 Å². The van der Waals surface area contributed by atoms with Gasteiger partial charge in [0, 0.05) is 13.1 Å². The highest BCUT2D eigenvalue weighted by atomic mass is 19.1. The van der Waals surface area contributed by atoms with Crippen LogP contribution in [0.1, 0.15) is 23.7 Å². The molecule has 0 spiro atoms. The Labute approximate surface area is 111 Å². The summed E-state index contributed by atoms with van der Waals surface area (Å²) in [6.07, 6.45) is 0.210. The molecule has 1 aliphatic rings. The highest BCUT2D eigenvalue weighted by Crippen LogP contribution is 2.24. The second-order valence-electron chi connectivity index (χ2n) is 4.93. The molecule has 0 radical (unpaired) electrons. The largest absolute Gasteiger partial charge is 0.496 e. The molecule has 104 valence electrons. The molecular weight excluding hydrogens is 249 g/mol. The van der Waals surface area contributed by atoms with E-state index in [4.69, 9.17) is 4.74 Å². The van der Waals surface area contributed by atoms with E-state index in [9.17, 15) is 14.3 Å². The molecule has 5 heteroatoms. The lowest BCUT2D eigenvalue weighted by molar-refractivity contribution is 0.0246. The number of halogens is 1. The lowest BCUT2D eigenvalue weighted by Crippen LogP contribution is -2.45. The number of hydrogen-bond donors (Lipinski definition) is 1. The first kappa shape index (κ1) is 13.8.